The number of benzene rings is 3. The van der Waals surface area contributed by atoms with Gasteiger partial charge >= 0.3 is 0 Å². The van der Waals surface area contributed by atoms with Gasteiger partial charge in [0.15, 0.2) is 11.5 Å². The lowest BCUT2D eigenvalue weighted by atomic mass is 10.2. The number of hydrogen-bond donors (Lipinski definition) is 1. The van der Waals surface area contributed by atoms with Gasteiger partial charge in [0, 0.05) is 5.02 Å². The topological polar surface area (TPSA) is 42.8 Å². The third kappa shape index (κ3) is 5.76. The van der Waals surface area contributed by atoms with Crippen LogP contribution in [0.5, 0.6) is 11.5 Å². The van der Waals surface area contributed by atoms with Gasteiger partial charge in [0.05, 0.1) is 18.5 Å². The molecule has 3 aromatic carbocycles. The average molecular weight is 381 g/mol. The van der Waals surface area contributed by atoms with E-state index in [4.69, 9.17) is 21.1 Å². The number of rotatable bonds is 8. The van der Waals surface area contributed by atoms with Crippen molar-refractivity contribution in [2.45, 2.75) is 13.5 Å². The van der Waals surface area contributed by atoms with Gasteiger partial charge in [-0.25, -0.2) is 0 Å². The number of ether oxygens (including phenoxy) is 2. The molecule has 0 aromatic heterocycles. The Morgan fingerprint density at radius 1 is 0.926 bits per heavy atom. The van der Waals surface area contributed by atoms with Gasteiger partial charge < -0.3 is 9.47 Å². The van der Waals surface area contributed by atoms with Crippen molar-refractivity contribution < 1.29 is 9.47 Å². The molecule has 0 heterocycles. The maximum Gasteiger partial charge on any atom is 0.161 e. The SMILES string of the molecule is CCOc1cc(C=NNc2ccccc2)ccc1OCc1cccc(Cl)c1. The van der Waals surface area contributed by atoms with Crippen LogP contribution < -0.4 is 14.9 Å². The third-order valence-corrected chi connectivity index (χ3v) is 3.97. The summed E-state index contributed by atoms with van der Waals surface area (Å²) < 4.78 is 11.6. The number of hydrogen-bond acceptors (Lipinski definition) is 4. The van der Waals surface area contributed by atoms with Crippen LogP contribution in [0.25, 0.3) is 0 Å². The van der Waals surface area contributed by atoms with E-state index in [0.717, 1.165) is 16.8 Å². The molecule has 0 fully saturated rings. The van der Waals surface area contributed by atoms with Gasteiger partial charge in [0.1, 0.15) is 6.61 Å². The molecule has 0 aliphatic carbocycles. The fraction of sp³-hybridized carbons (Fsp3) is 0.136. The molecule has 0 bridgehead atoms. The Hall–Kier alpha value is -2.98. The molecule has 138 valence electrons. The van der Waals surface area contributed by atoms with Crippen molar-refractivity contribution in [2.75, 3.05) is 12.0 Å². The third-order valence-electron chi connectivity index (χ3n) is 3.73. The highest BCUT2D eigenvalue weighted by Gasteiger charge is 2.07. The number of halogens is 1. The van der Waals surface area contributed by atoms with Gasteiger partial charge in [0.25, 0.3) is 0 Å². The molecule has 27 heavy (non-hydrogen) atoms. The smallest absolute Gasteiger partial charge is 0.161 e. The molecule has 3 aromatic rings. The Balaban J connectivity index is 1.68. The first-order valence-corrected chi connectivity index (χ1v) is 9.10. The summed E-state index contributed by atoms with van der Waals surface area (Å²) in [5.41, 5.74) is 5.84. The molecule has 5 heteroatoms. The molecule has 0 saturated heterocycles. The second kappa shape index (κ2) is 9.64. The molecule has 4 nitrogen and oxygen atoms in total. The zero-order valence-corrected chi connectivity index (χ0v) is 15.8. The molecule has 0 spiro atoms. The molecular weight excluding hydrogens is 360 g/mol. The van der Waals surface area contributed by atoms with E-state index in [1.807, 2.05) is 79.7 Å². The minimum Gasteiger partial charge on any atom is -0.490 e. The highest BCUT2D eigenvalue weighted by molar-refractivity contribution is 6.30. The second-order valence-electron chi connectivity index (χ2n) is 5.79. The molecule has 0 amide bonds. The average Bonchev–Trinajstić information content (AvgIpc) is 2.68. The van der Waals surface area contributed by atoms with Crippen LogP contribution in [0.2, 0.25) is 5.02 Å². The van der Waals surface area contributed by atoms with E-state index in [1.165, 1.54) is 0 Å². The van der Waals surface area contributed by atoms with Crippen molar-refractivity contribution in [2.24, 2.45) is 5.10 Å². The van der Waals surface area contributed by atoms with Crippen LogP contribution in [0.1, 0.15) is 18.1 Å². The summed E-state index contributed by atoms with van der Waals surface area (Å²) in [5.74, 6) is 1.37. The van der Waals surface area contributed by atoms with Gasteiger partial charge in [-0.2, -0.15) is 5.10 Å². The Labute approximate surface area is 164 Å². The number of para-hydroxylation sites is 1. The van der Waals surface area contributed by atoms with Crippen LogP contribution in [0.3, 0.4) is 0 Å². The first-order valence-electron chi connectivity index (χ1n) is 8.73. The fourth-order valence-electron chi connectivity index (χ4n) is 2.47. The minimum absolute atomic E-state index is 0.420. The standard InChI is InChI=1S/C22H21ClN2O2/c1-2-26-22-14-17(15-24-25-20-9-4-3-5-10-20)11-12-21(22)27-16-18-7-6-8-19(23)13-18/h3-15,25H,2,16H2,1H3. The summed E-state index contributed by atoms with van der Waals surface area (Å²) in [6.07, 6.45) is 1.75. The maximum absolute atomic E-state index is 6.02. The van der Waals surface area contributed by atoms with E-state index < -0.39 is 0 Å². The molecule has 0 unspecified atom stereocenters. The van der Waals surface area contributed by atoms with E-state index >= 15 is 0 Å². The molecule has 0 saturated carbocycles. The fourth-order valence-corrected chi connectivity index (χ4v) is 2.69. The normalized spacial score (nSPS) is 10.7. The molecule has 3 rings (SSSR count). The lowest BCUT2D eigenvalue weighted by Gasteiger charge is -2.13. The molecule has 0 aliphatic rings. The van der Waals surface area contributed by atoms with Crippen molar-refractivity contribution in [3.63, 3.8) is 0 Å². The summed E-state index contributed by atoms with van der Waals surface area (Å²) in [6.45, 7) is 2.92. The molecule has 0 radical (unpaired) electrons. The minimum atomic E-state index is 0.420. The molecule has 0 aliphatic heterocycles. The Bertz CT molecular complexity index is 898. The van der Waals surface area contributed by atoms with Gasteiger partial charge in [-0.05, 0) is 60.5 Å². The van der Waals surface area contributed by atoms with Crippen LogP contribution in [-0.4, -0.2) is 12.8 Å². The van der Waals surface area contributed by atoms with Crippen molar-refractivity contribution >= 4 is 23.5 Å². The molecule has 0 atom stereocenters. The van der Waals surface area contributed by atoms with Crippen LogP contribution in [0, 0.1) is 0 Å². The van der Waals surface area contributed by atoms with E-state index in [1.54, 1.807) is 6.21 Å². The van der Waals surface area contributed by atoms with Gasteiger partial charge in [-0.15, -0.1) is 0 Å². The second-order valence-corrected chi connectivity index (χ2v) is 6.23. The zero-order valence-electron chi connectivity index (χ0n) is 15.1. The molecular formula is C22H21ClN2O2. The van der Waals surface area contributed by atoms with Gasteiger partial charge in [-0.3, -0.25) is 5.43 Å². The number of anilines is 1. The number of nitrogens with zero attached hydrogens (tertiary/aromatic N) is 1. The van der Waals surface area contributed by atoms with Crippen molar-refractivity contribution in [3.05, 3.63) is 88.9 Å². The monoisotopic (exact) mass is 380 g/mol. The quantitative estimate of drug-likeness (QED) is 0.399. The van der Waals surface area contributed by atoms with E-state index in [0.29, 0.717) is 29.7 Å². The van der Waals surface area contributed by atoms with Crippen molar-refractivity contribution in [3.8, 4) is 11.5 Å². The zero-order chi connectivity index (χ0) is 18.9. The number of nitrogens with one attached hydrogen (secondary N) is 1. The summed E-state index contributed by atoms with van der Waals surface area (Å²) in [4.78, 5) is 0. The summed E-state index contributed by atoms with van der Waals surface area (Å²) >= 11 is 6.02. The predicted molar refractivity (Wildman–Crippen MR) is 111 cm³/mol. The lowest BCUT2D eigenvalue weighted by molar-refractivity contribution is 0.269. The lowest BCUT2D eigenvalue weighted by Crippen LogP contribution is -2.00. The Morgan fingerprint density at radius 3 is 2.56 bits per heavy atom. The summed E-state index contributed by atoms with van der Waals surface area (Å²) in [7, 11) is 0. The highest BCUT2D eigenvalue weighted by Crippen LogP contribution is 2.29. The van der Waals surface area contributed by atoms with E-state index in [9.17, 15) is 0 Å². The van der Waals surface area contributed by atoms with Gasteiger partial charge in [-0.1, -0.05) is 41.9 Å². The number of hydrazone groups is 1. The van der Waals surface area contributed by atoms with E-state index in [-0.39, 0.29) is 0 Å². The summed E-state index contributed by atoms with van der Waals surface area (Å²) in [5, 5.41) is 4.95. The molecule has 1 N–H and O–H groups in total. The first-order chi connectivity index (χ1) is 13.2. The van der Waals surface area contributed by atoms with E-state index in [2.05, 4.69) is 10.5 Å². The van der Waals surface area contributed by atoms with Crippen LogP contribution >= 0.6 is 11.6 Å². The van der Waals surface area contributed by atoms with Crippen molar-refractivity contribution in [1.29, 1.82) is 0 Å². The first kappa shape index (κ1) is 18.8. The summed E-state index contributed by atoms with van der Waals surface area (Å²) in [6, 6.07) is 23.1. The van der Waals surface area contributed by atoms with Crippen LogP contribution in [0.15, 0.2) is 77.9 Å². The maximum atomic E-state index is 6.02. The Kier molecular flexibility index (Phi) is 6.72. The van der Waals surface area contributed by atoms with Crippen molar-refractivity contribution in [1.82, 2.24) is 0 Å². The van der Waals surface area contributed by atoms with Crippen LogP contribution in [-0.2, 0) is 6.61 Å². The largest absolute Gasteiger partial charge is 0.490 e. The van der Waals surface area contributed by atoms with Crippen LogP contribution in [0.4, 0.5) is 5.69 Å². The highest BCUT2D eigenvalue weighted by atomic mass is 35.5. The Morgan fingerprint density at radius 2 is 1.78 bits per heavy atom. The van der Waals surface area contributed by atoms with Gasteiger partial charge in [0.2, 0.25) is 0 Å². The predicted octanol–water partition coefficient (Wildman–Crippen LogP) is 5.76.